The van der Waals surface area contributed by atoms with E-state index in [1.165, 1.54) is 0 Å². The van der Waals surface area contributed by atoms with E-state index in [0.29, 0.717) is 0 Å². The molecule has 0 aliphatic rings. The van der Waals surface area contributed by atoms with Gasteiger partial charge in [-0.15, -0.1) is 0 Å². The lowest BCUT2D eigenvalue weighted by atomic mass is 10.2. The number of nitrogens with one attached hydrogen (secondary N) is 1. The van der Waals surface area contributed by atoms with E-state index >= 15 is 0 Å². The second-order valence-electron chi connectivity index (χ2n) is 4.34. The van der Waals surface area contributed by atoms with Crippen LogP contribution in [0.5, 0.6) is 5.75 Å². The van der Waals surface area contributed by atoms with Gasteiger partial charge in [0.1, 0.15) is 5.75 Å². The Bertz CT molecular complexity index is 555. The van der Waals surface area contributed by atoms with Crippen LogP contribution in [0.3, 0.4) is 0 Å². The Morgan fingerprint density at radius 3 is 2.79 bits per heavy atom. The zero-order valence-electron chi connectivity index (χ0n) is 11.6. The van der Waals surface area contributed by atoms with Crippen molar-refractivity contribution < 1.29 is 4.74 Å². The van der Waals surface area contributed by atoms with Crippen LogP contribution in [0.1, 0.15) is 18.3 Å². The first-order valence-electron chi connectivity index (χ1n) is 6.42. The molecule has 0 fully saturated rings. The summed E-state index contributed by atoms with van der Waals surface area (Å²) in [5.74, 6) is 1.56. The van der Waals surface area contributed by atoms with Gasteiger partial charge < -0.3 is 10.1 Å². The third kappa shape index (κ3) is 3.51. The minimum Gasteiger partial charge on any atom is -0.497 e. The summed E-state index contributed by atoms with van der Waals surface area (Å²) in [6.45, 7) is 5.76. The van der Waals surface area contributed by atoms with Gasteiger partial charge in [0.2, 0.25) is 0 Å². The van der Waals surface area contributed by atoms with Crippen molar-refractivity contribution in [2.24, 2.45) is 0 Å². The van der Waals surface area contributed by atoms with E-state index in [1.54, 1.807) is 7.11 Å². The standard InChI is InChI=1S/C15H19N3O/c1-4-16-10-13-8-11(2)17-15(18-13)12-6-5-7-14(9-12)19-3/h5-9,16H,4,10H2,1-3H3. The van der Waals surface area contributed by atoms with E-state index in [0.717, 1.165) is 41.6 Å². The number of nitrogens with zero attached hydrogens (tertiary/aromatic N) is 2. The molecule has 4 heteroatoms. The second-order valence-corrected chi connectivity index (χ2v) is 4.34. The molecule has 1 heterocycles. The number of methoxy groups -OCH3 is 1. The van der Waals surface area contributed by atoms with Crippen LogP contribution in [0.2, 0.25) is 0 Å². The van der Waals surface area contributed by atoms with E-state index < -0.39 is 0 Å². The van der Waals surface area contributed by atoms with Crippen molar-refractivity contribution in [2.75, 3.05) is 13.7 Å². The summed E-state index contributed by atoms with van der Waals surface area (Å²) in [4.78, 5) is 9.08. The molecule has 0 amide bonds. The smallest absolute Gasteiger partial charge is 0.159 e. The first-order chi connectivity index (χ1) is 9.22. The summed E-state index contributed by atoms with van der Waals surface area (Å²) >= 11 is 0. The second kappa shape index (κ2) is 6.29. The zero-order valence-corrected chi connectivity index (χ0v) is 11.6. The molecule has 0 saturated heterocycles. The molecular weight excluding hydrogens is 238 g/mol. The molecule has 4 nitrogen and oxygen atoms in total. The molecule has 100 valence electrons. The monoisotopic (exact) mass is 257 g/mol. The van der Waals surface area contributed by atoms with Gasteiger partial charge in [0.15, 0.2) is 5.82 Å². The van der Waals surface area contributed by atoms with Gasteiger partial charge in [-0.05, 0) is 31.7 Å². The highest BCUT2D eigenvalue weighted by molar-refractivity contribution is 5.57. The van der Waals surface area contributed by atoms with Crippen LogP contribution in [-0.4, -0.2) is 23.6 Å². The summed E-state index contributed by atoms with van der Waals surface area (Å²) in [7, 11) is 1.66. The van der Waals surface area contributed by atoms with Gasteiger partial charge in [0.05, 0.1) is 12.8 Å². The first-order valence-corrected chi connectivity index (χ1v) is 6.42. The largest absolute Gasteiger partial charge is 0.497 e. The van der Waals surface area contributed by atoms with Gasteiger partial charge in [-0.25, -0.2) is 9.97 Å². The summed E-state index contributed by atoms with van der Waals surface area (Å²) in [6, 6.07) is 9.81. The first kappa shape index (κ1) is 13.5. The number of benzene rings is 1. The predicted octanol–water partition coefficient (Wildman–Crippen LogP) is 2.57. The van der Waals surface area contributed by atoms with Crippen molar-refractivity contribution in [1.82, 2.24) is 15.3 Å². The molecule has 0 atom stereocenters. The van der Waals surface area contributed by atoms with Crippen LogP contribution in [0.4, 0.5) is 0 Å². The molecule has 0 saturated carbocycles. The lowest BCUT2D eigenvalue weighted by Crippen LogP contribution is -2.13. The lowest BCUT2D eigenvalue weighted by molar-refractivity contribution is 0.415. The average Bonchev–Trinajstić information content (AvgIpc) is 2.44. The summed E-state index contributed by atoms with van der Waals surface area (Å²) < 4.78 is 5.23. The van der Waals surface area contributed by atoms with Crippen LogP contribution < -0.4 is 10.1 Å². The van der Waals surface area contributed by atoms with Crippen molar-refractivity contribution in [2.45, 2.75) is 20.4 Å². The van der Waals surface area contributed by atoms with Crippen LogP contribution >= 0.6 is 0 Å². The maximum Gasteiger partial charge on any atom is 0.159 e. The molecule has 2 aromatic rings. The average molecular weight is 257 g/mol. The third-order valence-corrected chi connectivity index (χ3v) is 2.79. The van der Waals surface area contributed by atoms with Gasteiger partial charge in [0, 0.05) is 17.8 Å². The Morgan fingerprint density at radius 1 is 1.21 bits per heavy atom. The highest BCUT2D eigenvalue weighted by Gasteiger charge is 2.06. The number of aryl methyl sites for hydroxylation is 1. The number of ether oxygens (including phenoxy) is 1. The molecule has 2 rings (SSSR count). The topological polar surface area (TPSA) is 47.0 Å². The number of rotatable bonds is 5. The van der Waals surface area contributed by atoms with Gasteiger partial charge in [-0.2, -0.15) is 0 Å². The minimum absolute atomic E-state index is 0.742. The third-order valence-electron chi connectivity index (χ3n) is 2.79. The molecular formula is C15H19N3O. The molecule has 0 aliphatic carbocycles. The molecule has 1 aromatic heterocycles. The van der Waals surface area contributed by atoms with Crippen LogP contribution in [0, 0.1) is 6.92 Å². The van der Waals surface area contributed by atoms with Crippen molar-refractivity contribution in [1.29, 1.82) is 0 Å². The highest BCUT2D eigenvalue weighted by Crippen LogP contribution is 2.21. The normalized spacial score (nSPS) is 10.5. The van der Waals surface area contributed by atoms with Crippen molar-refractivity contribution in [3.63, 3.8) is 0 Å². The van der Waals surface area contributed by atoms with Gasteiger partial charge in [0.25, 0.3) is 0 Å². The summed E-state index contributed by atoms with van der Waals surface area (Å²) in [5.41, 5.74) is 2.95. The quantitative estimate of drug-likeness (QED) is 0.894. The Balaban J connectivity index is 2.34. The molecule has 0 unspecified atom stereocenters. The number of hydrogen-bond acceptors (Lipinski definition) is 4. The SMILES string of the molecule is CCNCc1cc(C)nc(-c2cccc(OC)c2)n1. The fraction of sp³-hybridized carbons (Fsp3) is 0.333. The molecule has 0 bridgehead atoms. The summed E-state index contributed by atoms with van der Waals surface area (Å²) in [6.07, 6.45) is 0. The van der Waals surface area contributed by atoms with Crippen LogP contribution in [0.25, 0.3) is 11.4 Å². The predicted molar refractivity (Wildman–Crippen MR) is 76.1 cm³/mol. The fourth-order valence-electron chi connectivity index (χ4n) is 1.87. The Morgan fingerprint density at radius 2 is 2.05 bits per heavy atom. The maximum absolute atomic E-state index is 5.23. The number of aromatic nitrogens is 2. The van der Waals surface area contributed by atoms with Crippen LogP contribution in [-0.2, 0) is 6.54 Å². The molecule has 0 spiro atoms. The van der Waals surface area contributed by atoms with Gasteiger partial charge in [-0.1, -0.05) is 19.1 Å². The minimum atomic E-state index is 0.742. The van der Waals surface area contributed by atoms with E-state index in [9.17, 15) is 0 Å². The zero-order chi connectivity index (χ0) is 13.7. The van der Waals surface area contributed by atoms with Crippen molar-refractivity contribution >= 4 is 0 Å². The molecule has 1 N–H and O–H groups in total. The Kier molecular flexibility index (Phi) is 4.47. The Labute approximate surface area is 113 Å². The summed E-state index contributed by atoms with van der Waals surface area (Å²) in [5, 5.41) is 3.28. The Hall–Kier alpha value is -1.94. The lowest BCUT2D eigenvalue weighted by Gasteiger charge is -2.07. The van der Waals surface area contributed by atoms with E-state index in [1.807, 2.05) is 37.3 Å². The maximum atomic E-state index is 5.23. The van der Waals surface area contributed by atoms with Crippen LogP contribution in [0.15, 0.2) is 30.3 Å². The molecule has 1 aromatic carbocycles. The van der Waals surface area contributed by atoms with Crippen molar-refractivity contribution in [3.8, 4) is 17.1 Å². The molecule has 19 heavy (non-hydrogen) atoms. The molecule has 0 radical (unpaired) electrons. The molecule has 0 aliphatic heterocycles. The van der Waals surface area contributed by atoms with Gasteiger partial charge in [-0.3, -0.25) is 0 Å². The van der Waals surface area contributed by atoms with E-state index in [2.05, 4.69) is 22.2 Å². The fourth-order valence-corrected chi connectivity index (χ4v) is 1.87. The number of hydrogen-bond donors (Lipinski definition) is 1. The van der Waals surface area contributed by atoms with E-state index in [-0.39, 0.29) is 0 Å². The van der Waals surface area contributed by atoms with Crippen molar-refractivity contribution in [3.05, 3.63) is 41.7 Å². The highest BCUT2D eigenvalue weighted by atomic mass is 16.5. The van der Waals surface area contributed by atoms with E-state index in [4.69, 9.17) is 4.74 Å². The van der Waals surface area contributed by atoms with Gasteiger partial charge >= 0.3 is 0 Å².